The first-order valence-corrected chi connectivity index (χ1v) is 8.86. The zero-order valence-electron chi connectivity index (χ0n) is 11.9. The summed E-state index contributed by atoms with van der Waals surface area (Å²) in [4.78, 5) is 0. The first-order chi connectivity index (χ1) is 10.2. The summed E-state index contributed by atoms with van der Waals surface area (Å²) in [5.41, 5.74) is 8.40. The molecule has 1 atom stereocenters. The normalized spacial score (nSPS) is 12.9. The van der Waals surface area contributed by atoms with Gasteiger partial charge in [-0.05, 0) is 52.2 Å². The first-order valence-electron chi connectivity index (χ1n) is 6.25. The molecule has 1 heterocycles. The van der Waals surface area contributed by atoms with Crippen LogP contribution in [0.1, 0.15) is 23.0 Å². The zero-order valence-corrected chi connectivity index (χ0v) is 14.3. The highest BCUT2D eigenvalue weighted by atomic mass is 79.9. The number of nitrogens with zero attached hydrogens (tertiary/aromatic N) is 2. The van der Waals surface area contributed by atoms with Crippen LogP contribution in [0.15, 0.2) is 34.9 Å². The smallest absolute Gasteiger partial charge is 0.266 e. The number of nitriles is 1. The molecule has 8 heteroatoms. The molecule has 1 unspecified atom stereocenters. The molecule has 2 aromatic rings. The van der Waals surface area contributed by atoms with Crippen molar-refractivity contribution in [2.24, 2.45) is 5.73 Å². The molecule has 2 N–H and O–H groups in total. The summed E-state index contributed by atoms with van der Waals surface area (Å²) >= 11 is 3.45. The highest BCUT2D eigenvalue weighted by Gasteiger charge is 2.15. The minimum atomic E-state index is -3.63. The van der Waals surface area contributed by atoms with Gasteiger partial charge in [-0.25, -0.2) is 4.18 Å². The molecule has 0 fully saturated rings. The van der Waals surface area contributed by atoms with Crippen molar-refractivity contribution in [3.8, 4) is 11.8 Å². The lowest BCUT2D eigenvalue weighted by atomic mass is 10.2. The van der Waals surface area contributed by atoms with E-state index in [4.69, 9.17) is 9.92 Å². The molecule has 1 aromatic heterocycles. The van der Waals surface area contributed by atoms with E-state index in [-0.39, 0.29) is 0 Å². The molecule has 6 nitrogen and oxygen atoms in total. The number of aryl methyl sites for hydroxylation is 1. The average molecular weight is 384 g/mol. The Morgan fingerprint density at radius 1 is 1.36 bits per heavy atom. The van der Waals surface area contributed by atoms with Gasteiger partial charge in [0.05, 0.1) is 10.9 Å². The van der Waals surface area contributed by atoms with Crippen LogP contribution in [0.2, 0.25) is 0 Å². The number of rotatable bonds is 4. The van der Waals surface area contributed by atoms with E-state index < -0.39 is 16.3 Å². The summed E-state index contributed by atoms with van der Waals surface area (Å²) in [7, 11) is -3.63. The number of hydrogen-bond donors (Lipinski definition) is 1. The summed E-state index contributed by atoms with van der Waals surface area (Å²) < 4.78 is 29.4. The maximum absolute atomic E-state index is 11.1. The lowest BCUT2D eigenvalue weighted by Crippen LogP contribution is -2.18. The quantitative estimate of drug-likeness (QED) is 0.645. The molecule has 116 valence electrons. The molecule has 0 saturated carbocycles. The third-order valence-electron chi connectivity index (χ3n) is 2.99. The summed E-state index contributed by atoms with van der Waals surface area (Å²) in [5.74, 6) is 0. The Morgan fingerprint density at radius 3 is 2.45 bits per heavy atom. The van der Waals surface area contributed by atoms with Crippen molar-refractivity contribution in [3.05, 3.63) is 51.8 Å². The number of nitrogens with two attached hydrogens (primary N) is 1. The van der Waals surface area contributed by atoms with Crippen LogP contribution in [-0.2, 0) is 14.3 Å². The van der Waals surface area contributed by atoms with E-state index in [0.29, 0.717) is 11.3 Å². The van der Waals surface area contributed by atoms with Crippen LogP contribution in [0.4, 0.5) is 0 Å². The molecule has 0 aliphatic heterocycles. The molecular formula is C14H14BrN3O3S. The van der Waals surface area contributed by atoms with Gasteiger partial charge in [0.1, 0.15) is 11.8 Å². The molecule has 0 aliphatic carbocycles. The van der Waals surface area contributed by atoms with Crippen molar-refractivity contribution >= 4 is 26.0 Å². The molecule has 1 aromatic carbocycles. The van der Waals surface area contributed by atoms with E-state index in [1.807, 2.05) is 6.92 Å². The number of aromatic nitrogens is 1. The zero-order chi connectivity index (χ0) is 16.5. The Kier molecular flexibility index (Phi) is 4.72. The van der Waals surface area contributed by atoms with E-state index in [1.165, 1.54) is 0 Å². The second-order valence-corrected chi connectivity index (χ2v) is 7.11. The lowest BCUT2D eigenvalue weighted by Gasteiger charge is -2.13. The first kappa shape index (κ1) is 16.7. The molecule has 0 amide bonds. The van der Waals surface area contributed by atoms with Crippen molar-refractivity contribution < 1.29 is 12.6 Å². The monoisotopic (exact) mass is 383 g/mol. The second-order valence-electron chi connectivity index (χ2n) is 4.76. The topological polar surface area (TPSA) is 98.1 Å². The molecule has 0 bridgehead atoms. The van der Waals surface area contributed by atoms with Crippen LogP contribution in [0.25, 0.3) is 5.69 Å². The van der Waals surface area contributed by atoms with Gasteiger partial charge in [0, 0.05) is 5.69 Å². The van der Waals surface area contributed by atoms with Gasteiger partial charge in [0.15, 0.2) is 6.23 Å². The Morgan fingerprint density at radius 2 is 1.95 bits per heavy atom. The standard InChI is InChI=1S/C14H14BrN3O3S/c1-9-7-12(8-16)18(13(9)15)11-5-3-10(4-6-11)14(17)21-22(2,19)20/h3-7,14H,17H2,1-2H3. The second kappa shape index (κ2) is 6.22. The average Bonchev–Trinajstić information content (AvgIpc) is 2.72. The van der Waals surface area contributed by atoms with Crippen LogP contribution < -0.4 is 5.73 Å². The van der Waals surface area contributed by atoms with E-state index in [1.54, 1.807) is 34.9 Å². The van der Waals surface area contributed by atoms with Gasteiger partial charge in [-0.3, -0.25) is 4.57 Å². The Balaban J connectivity index is 2.36. The van der Waals surface area contributed by atoms with E-state index in [0.717, 1.165) is 22.1 Å². The predicted octanol–water partition coefficient (Wildman–Crippen LogP) is 2.35. The van der Waals surface area contributed by atoms with Gasteiger partial charge < -0.3 is 5.73 Å². The van der Waals surface area contributed by atoms with Crippen molar-refractivity contribution in [1.82, 2.24) is 4.57 Å². The molecule has 2 rings (SSSR count). The molecule has 22 heavy (non-hydrogen) atoms. The van der Waals surface area contributed by atoms with E-state index in [2.05, 4.69) is 22.0 Å². The van der Waals surface area contributed by atoms with Crippen LogP contribution in [0.3, 0.4) is 0 Å². The van der Waals surface area contributed by atoms with Gasteiger partial charge in [-0.2, -0.15) is 13.7 Å². The highest BCUT2D eigenvalue weighted by Crippen LogP contribution is 2.26. The molecule has 0 saturated heterocycles. The van der Waals surface area contributed by atoms with Crippen LogP contribution in [0.5, 0.6) is 0 Å². The summed E-state index contributed by atoms with van der Waals surface area (Å²) in [6.45, 7) is 1.89. The van der Waals surface area contributed by atoms with Crippen molar-refractivity contribution in [2.75, 3.05) is 6.26 Å². The fraction of sp³-hybridized carbons (Fsp3) is 0.214. The van der Waals surface area contributed by atoms with Crippen molar-refractivity contribution in [2.45, 2.75) is 13.2 Å². The maximum Gasteiger partial charge on any atom is 0.266 e. The number of halogens is 1. The minimum absolute atomic E-state index is 0.494. The van der Waals surface area contributed by atoms with E-state index in [9.17, 15) is 13.7 Å². The van der Waals surface area contributed by atoms with Crippen LogP contribution in [0, 0.1) is 18.3 Å². The van der Waals surface area contributed by atoms with Crippen LogP contribution in [-0.4, -0.2) is 19.2 Å². The lowest BCUT2D eigenvalue weighted by molar-refractivity contribution is 0.224. The number of benzene rings is 1. The van der Waals surface area contributed by atoms with E-state index >= 15 is 0 Å². The van der Waals surface area contributed by atoms with Gasteiger partial charge in [0.2, 0.25) is 0 Å². The summed E-state index contributed by atoms with van der Waals surface area (Å²) in [6, 6.07) is 10.7. The maximum atomic E-state index is 11.1. The molecular weight excluding hydrogens is 370 g/mol. The van der Waals surface area contributed by atoms with Gasteiger partial charge >= 0.3 is 0 Å². The fourth-order valence-electron chi connectivity index (χ4n) is 2.00. The third-order valence-corrected chi connectivity index (χ3v) is 4.53. The number of hydrogen-bond acceptors (Lipinski definition) is 5. The van der Waals surface area contributed by atoms with Crippen molar-refractivity contribution in [3.63, 3.8) is 0 Å². The third kappa shape index (κ3) is 3.56. The predicted molar refractivity (Wildman–Crippen MR) is 85.8 cm³/mol. The van der Waals surface area contributed by atoms with Crippen molar-refractivity contribution in [1.29, 1.82) is 5.26 Å². The molecule has 0 radical (unpaired) electrons. The fourth-order valence-corrected chi connectivity index (χ4v) is 3.00. The largest absolute Gasteiger partial charge is 0.301 e. The Hall–Kier alpha value is -1.66. The van der Waals surface area contributed by atoms with Gasteiger partial charge in [0.25, 0.3) is 10.1 Å². The molecule has 0 spiro atoms. The Labute approximate surface area is 137 Å². The highest BCUT2D eigenvalue weighted by molar-refractivity contribution is 9.10. The SMILES string of the molecule is Cc1cc(C#N)n(-c2ccc(C(N)OS(C)(=O)=O)cc2)c1Br. The Bertz CT molecular complexity index is 835. The minimum Gasteiger partial charge on any atom is -0.301 e. The van der Waals surface area contributed by atoms with Crippen LogP contribution >= 0.6 is 15.9 Å². The van der Waals surface area contributed by atoms with Gasteiger partial charge in [-0.1, -0.05) is 12.1 Å². The van der Waals surface area contributed by atoms with Gasteiger partial charge in [-0.15, -0.1) is 0 Å². The summed E-state index contributed by atoms with van der Waals surface area (Å²) in [6.07, 6.45) is -0.116. The molecule has 0 aliphatic rings. The summed E-state index contributed by atoms with van der Waals surface area (Å²) in [5, 5.41) is 9.19.